The molecule has 21 heavy (non-hydrogen) atoms. The zero-order valence-electron chi connectivity index (χ0n) is 12.5. The number of rotatable bonds is 3. The van der Waals surface area contributed by atoms with Gasteiger partial charge in [0.05, 0.1) is 5.92 Å². The summed E-state index contributed by atoms with van der Waals surface area (Å²) in [5, 5.41) is 9.52. The lowest BCUT2D eigenvalue weighted by molar-refractivity contribution is -0.143. The molecule has 0 aliphatic heterocycles. The van der Waals surface area contributed by atoms with Crippen LogP contribution in [0.4, 0.5) is 0 Å². The van der Waals surface area contributed by atoms with Gasteiger partial charge in [0.1, 0.15) is 11.3 Å². The molecule has 5 nitrogen and oxygen atoms in total. The van der Waals surface area contributed by atoms with E-state index in [9.17, 15) is 9.90 Å². The van der Waals surface area contributed by atoms with E-state index in [1.165, 1.54) is 0 Å². The van der Waals surface area contributed by atoms with Crippen LogP contribution in [-0.4, -0.2) is 25.6 Å². The Morgan fingerprint density at radius 2 is 2.14 bits per heavy atom. The number of hydrogen-bond acceptors (Lipinski definition) is 3. The van der Waals surface area contributed by atoms with Gasteiger partial charge in [0.25, 0.3) is 0 Å². The molecular weight excluding hydrogens is 266 g/mol. The molecule has 0 aromatic carbocycles. The summed E-state index contributed by atoms with van der Waals surface area (Å²) in [6.07, 6.45) is 5.47. The number of carbonyl (C=O) groups is 1. The molecule has 0 radical (unpaired) electrons. The Morgan fingerprint density at radius 1 is 1.38 bits per heavy atom. The monoisotopic (exact) mass is 287 g/mol. The highest BCUT2D eigenvalue weighted by Crippen LogP contribution is 2.39. The summed E-state index contributed by atoms with van der Waals surface area (Å²) in [4.78, 5) is 20.7. The number of nitrogens with zero attached hydrogens (tertiary/aromatic N) is 3. The molecule has 1 aliphatic carbocycles. The van der Waals surface area contributed by atoms with Gasteiger partial charge in [0.15, 0.2) is 5.65 Å². The number of aromatic nitrogens is 3. The second-order valence-corrected chi connectivity index (χ2v) is 6.12. The number of carboxylic acids is 1. The van der Waals surface area contributed by atoms with E-state index in [4.69, 9.17) is 4.98 Å². The molecule has 1 fully saturated rings. The van der Waals surface area contributed by atoms with Crippen molar-refractivity contribution in [2.75, 3.05) is 0 Å². The molecule has 2 atom stereocenters. The maximum atomic E-state index is 11.6. The number of carboxylic acid groups (broad SMARTS) is 1. The molecule has 5 heteroatoms. The van der Waals surface area contributed by atoms with Crippen molar-refractivity contribution < 1.29 is 9.90 Å². The highest BCUT2D eigenvalue weighted by atomic mass is 16.4. The standard InChI is InChI=1S/C16H21N3O2/c1-10(2)19-14(18-13-8-5-9-17-15(13)19)11-6-3-4-7-12(11)16(20)21/h5,8-12H,3-4,6-7H2,1-2H3,(H,20,21). The molecule has 2 aromatic heterocycles. The van der Waals surface area contributed by atoms with Crippen molar-refractivity contribution in [1.29, 1.82) is 0 Å². The Hall–Kier alpha value is -1.91. The van der Waals surface area contributed by atoms with Gasteiger partial charge in [0.2, 0.25) is 0 Å². The van der Waals surface area contributed by atoms with Crippen LogP contribution in [0.1, 0.15) is 57.3 Å². The van der Waals surface area contributed by atoms with Crippen LogP contribution in [0.5, 0.6) is 0 Å². The zero-order valence-corrected chi connectivity index (χ0v) is 12.5. The molecule has 112 valence electrons. The lowest BCUT2D eigenvalue weighted by Crippen LogP contribution is -2.28. The Bertz CT molecular complexity index is 663. The highest BCUT2D eigenvalue weighted by Gasteiger charge is 2.35. The average molecular weight is 287 g/mol. The second kappa shape index (κ2) is 5.47. The molecule has 0 saturated heterocycles. The lowest BCUT2D eigenvalue weighted by Gasteiger charge is -2.29. The molecule has 2 heterocycles. The summed E-state index contributed by atoms with van der Waals surface area (Å²) in [7, 11) is 0. The largest absolute Gasteiger partial charge is 0.481 e. The van der Waals surface area contributed by atoms with E-state index < -0.39 is 5.97 Å². The summed E-state index contributed by atoms with van der Waals surface area (Å²) in [6, 6.07) is 4.04. The minimum Gasteiger partial charge on any atom is -0.481 e. The first-order valence-electron chi connectivity index (χ1n) is 7.65. The van der Waals surface area contributed by atoms with E-state index in [1.54, 1.807) is 6.20 Å². The number of hydrogen-bond donors (Lipinski definition) is 1. The summed E-state index contributed by atoms with van der Waals surface area (Å²) < 4.78 is 2.11. The van der Waals surface area contributed by atoms with Gasteiger partial charge in [-0.15, -0.1) is 0 Å². The number of imidazole rings is 1. The van der Waals surface area contributed by atoms with Crippen molar-refractivity contribution in [3.05, 3.63) is 24.2 Å². The number of aliphatic carboxylic acids is 1. The second-order valence-electron chi connectivity index (χ2n) is 6.12. The average Bonchev–Trinajstić information content (AvgIpc) is 2.86. The molecule has 0 bridgehead atoms. The normalized spacial score (nSPS) is 22.8. The molecule has 1 aliphatic rings. The van der Waals surface area contributed by atoms with E-state index in [0.29, 0.717) is 0 Å². The van der Waals surface area contributed by atoms with Crippen LogP contribution >= 0.6 is 0 Å². The Balaban J connectivity index is 2.14. The molecule has 1 N–H and O–H groups in total. The van der Waals surface area contributed by atoms with Crippen LogP contribution in [0, 0.1) is 5.92 Å². The third-order valence-electron chi connectivity index (χ3n) is 4.41. The van der Waals surface area contributed by atoms with E-state index in [0.717, 1.165) is 42.7 Å². The van der Waals surface area contributed by atoms with Gasteiger partial charge in [-0.3, -0.25) is 4.79 Å². The van der Waals surface area contributed by atoms with Gasteiger partial charge in [0, 0.05) is 18.2 Å². The third-order valence-corrected chi connectivity index (χ3v) is 4.41. The molecule has 1 saturated carbocycles. The van der Waals surface area contributed by atoms with E-state index in [2.05, 4.69) is 23.4 Å². The van der Waals surface area contributed by atoms with Crippen LogP contribution in [0.3, 0.4) is 0 Å². The Kier molecular flexibility index (Phi) is 3.66. The fourth-order valence-corrected chi connectivity index (χ4v) is 3.45. The van der Waals surface area contributed by atoms with Crippen molar-refractivity contribution in [3.63, 3.8) is 0 Å². The fraction of sp³-hybridized carbons (Fsp3) is 0.562. The van der Waals surface area contributed by atoms with Crippen LogP contribution in [0.15, 0.2) is 18.3 Å². The van der Waals surface area contributed by atoms with Gasteiger partial charge in [-0.25, -0.2) is 9.97 Å². The first-order chi connectivity index (χ1) is 10.1. The van der Waals surface area contributed by atoms with Crippen LogP contribution in [-0.2, 0) is 4.79 Å². The minimum absolute atomic E-state index is 0.00662. The van der Waals surface area contributed by atoms with Crippen LogP contribution in [0.2, 0.25) is 0 Å². The maximum Gasteiger partial charge on any atom is 0.307 e. The number of fused-ring (bicyclic) bond motifs is 1. The minimum atomic E-state index is -0.699. The molecular formula is C16H21N3O2. The summed E-state index contributed by atoms with van der Waals surface area (Å²) in [5.41, 5.74) is 1.72. The lowest BCUT2D eigenvalue weighted by atomic mass is 9.78. The summed E-state index contributed by atoms with van der Waals surface area (Å²) in [6.45, 7) is 4.19. The first-order valence-corrected chi connectivity index (χ1v) is 7.65. The third kappa shape index (κ3) is 2.41. The topological polar surface area (TPSA) is 68.0 Å². The zero-order chi connectivity index (χ0) is 15.0. The van der Waals surface area contributed by atoms with Crippen molar-refractivity contribution >= 4 is 17.1 Å². The SMILES string of the molecule is CC(C)n1c(C2CCCCC2C(=O)O)nc2cccnc21. The summed E-state index contributed by atoms with van der Waals surface area (Å²) in [5.74, 6) is -0.137. The van der Waals surface area contributed by atoms with Gasteiger partial charge < -0.3 is 9.67 Å². The first kappa shape index (κ1) is 14.0. The fourth-order valence-electron chi connectivity index (χ4n) is 3.45. The van der Waals surface area contributed by atoms with Crippen molar-refractivity contribution in [1.82, 2.24) is 14.5 Å². The molecule has 2 aromatic rings. The van der Waals surface area contributed by atoms with E-state index >= 15 is 0 Å². The van der Waals surface area contributed by atoms with Crippen molar-refractivity contribution in [2.45, 2.75) is 51.5 Å². The molecule has 2 unspecified atom stereocenters. The Labute approximate surface area is 124 Å². The van der Waals surface area contributed by atoms with E-state index in [-0.39, 0.29) is 17.9 Å². The van der Waals surface area contributed by atoms with Gasteiger partial charge in [-0.1, -0.05) is 12.8 Å². The van der Waals surface area contributed by atoms with Crippen molar-refractivity contribution in [2.24, 2.45) is 5.92 Å². The number of pyridine rings is 1. The highest BCUT2D eigenvalue weighted by molar-refractivity contribution is 5.74. The van der Waals surface area contributed by atoms with E-state index in [1.807, 2.05) is 12.1 Å². The Morgan fingerprint density at radius 3 is 2.86 bits per heavy atom. The van der Waals surface area contributed by atoms with Crippen molar-refractivity contribution in [3.8, 4) is 0 Å². The summed E-state index contributed by atoms with van der Waals surface area (Å²) >= 11 is 0. The van der Waals surface area contributed by atoms with Crippen LogP contribution in [0.25, 0.3) is 11.2 Å². The maximum absolute atomic E-state index is 11.6. The molecule has 0 amide bonds. The van der Waals surface area contributed by atoms with Gasteiger partial charge in [-0.05, 0) is 38.8 Å². The van der Waals surface area contributed by atoms with Gasteiger partial charge >= 0.3 is 5.97 Å². The predicted octanol–water partition coefficient (Wildman–Crippen LogP) is 3.37. The van der Waals surface area contributed by atoms with Crippen LogP contribution < -0.4 is 0 Å². The van der Waals surface area contributed by atoms with Gasteiger partial charge in [-0.2, -0.15) is 0 Å². The quantitative estimate of drug-likeness (QED) is 0.939. The molecule has 3 rings (SSSR count). The predicted molar refractivity (Wildman–Crippen MR) is 80.2 cm³/mol. The smallest absolute Gasteiger partial charge is 0.307 e. The molecule has 0 spiro atoms.